The first-order valence-corrected chi connectivity index (χ1v) is 4.38. The molecule has 1 N–H and O–H groups in total. The van der Waals surface area contributed by atoms with Crippen LogP contribution in [0.3, 0.4) is 0 Å². The van der Waals surface area contributed by atoms with Gasteiger partial charge >= 0.3 is 0 Å². The molecular formula is C11H15O3. The molecule has 0 aromatic heterocycles. The molecule has 0 spiro atoms. The van der Waals surface area contributed by atoms with Gasteiger partial charge in [0, 0.05) is 12.5 Å². The molecule has 0 heterocycles. The van der Waals surface area contributed by atoms with Crippen LogP contribution in [0, 0.1) is 6.92 Å². The molecule has 14 heavy (non-hydrogen) atoms. The van der Waals surface area contributed by atoms with Gasteiger partial charge in [0.05, 0.1) is 14.2 Å². The van der Waals surface area contributed by atoms with Crippen molar-refractivity contribution in [3.63, 3.8) is 0 Å². The van der Waals surface area contributed by atoms with Gasteiger partial charge in [-0.05, 0) is 24.6 Å². The van der Waals surface area contributed by atoms with E-state index in [4.69, 9.17) is 14.6 Å². The first kappa shape index (κ1) is 10.9. The Balaban J connectivity index is 3.01. The molecule has 0 saturated carbocycles. The minimum absolute atomic E-state index is 0.0233. The average Bonchev–Trinajstić information content (AvgIpc) is 2.26. The van der Waals surface area contributed by atoms with Gasteiger partial charge in [-0.3, -0.25) is 0 Å². The third-order valence-corrected chi connectivity index (χ3v) is 2.10. The van der Waals surface area contributed by atoms with Gasteiger partial charge in [0.15, 0.2) is 11.5 Å². The van der Waals surface area contributed by atoms with Gasteiger partial charge in [0.1, 0.15) is 0 Å². The maximum Gasteiger partial charge on any atom is 0.160 e. The lowest BCUT2D eigenvalue weighted by atomic mass is 10.0. The molecule has 3 heteroatoms. The highest BCUT2D eigenvalue weighted by molar-refractivity contribution is 5.44. The third kappa shape index (κ3) is 2.17. The van der Waals surface area contributed by atoms with Crippen molar-refractivity contribution in [3.8, 4) is 11.5 Å². The Labute approximate surface area is 84.3 Å². The molecule has 1 rings (SSSR count). The minimum Gasteiger partial charge on any atom is -0.493 e. The van der Waals surface area contributed by atoms with Gasteiger partial charge < -0.3 is 14.6 Å². The first-order chi connectivity index (χ1) is 6.72. The monoisotopic (exact) mass is 195 g/mol. The lowest BCUT2D eigenvalue weighted by molar-refractivity contribution is 0.282. The van der Waals surface area contributed by atoms with Crippen LogP contribution in [0.5, 0.6) is 11.5 Å². The van der Waals surface area contributed by atoms with Crippen LogP contribution >= 0.6 is 0 Å². The Hall–Kier alpha value is -1.22. The van der Waals surface area contributed by atoms with Crippen molar-refractivity contribution in [2.24, 2.45) is 0 Å². The number of benzene rings is 1. The predicted octanol–water partition coefficient (Wildman–Crippen LogP) is 1.61. The van der Waals surface area contributed by atoms with Crippen LogP contribution in [0.4, 0.5) is 0 Å². The maximum absolute atomic E-state index is 8.94. The van der Waals surface area contributed by atoms with Crippen molar-refractivity contribution in [3.05, 3.63) is 30.7 Å². The lowest BCUT2D eigenvalue weighted by Gasteiger charge is -2.12. The van der Waals surface area contributed by atoms with Crippen LogP contribution in [-0.4, -0.2) is 25.9 Å². The fourth-order valence-corrected chi connectivity index (χ4v) is 1.21. The van der Waals surface area contributed by atoms with E-state index in [9.17, 15) is 0 Å². The number of aliphatic hydroxyl groups is 1. The summed E-state index contributed by atoms with van der Waals surface area (Å²) in [7, 11) is 3.17. The van der Waals surface area contributed by atoms with E-state index < -0.39 is 0 Å². The van der Waals surface area contributed by atoms with Gasteiger partial charge in [0.2, 0.25) is 0 Å². The molecule has 0 aliphatic rings. The fraction of sp³-hybridized carbons (Fsp3) is 0.364. The summed E-state index contributed by atoms with van der Waals surface area (Å²) < 4.78 is 10.2. The SMILES string of the molecule is [CH2]C(CO)c1ccc(OC)c(OC)c1. The number of ether oxygens (including phenoxy) is 2. The van der Waals surface area contributed by atoms with Crippen molar-refractivity contribution < 1.29 is 14.6 Å². The van der Waals surface area contributed by atoms with Gasteiger partial charge in [-0.1, -0.05) is 6.07 Å². The smallest absolute Gasteiger partial charge is 0.160 e. The van der Waals surface area contributed by atoms with Crippen LogP contribution < -0.4 is 9.47 Å². The van der Waals surface area contributed by atoms with E-state index in [0.717, 1.165) is 5.56 Å². The summed E-state index contributed by atoms with van der Waals surface area (Å²) in [5, 5.41) is 8.94. The summed E-state index contributed by atoms with van der Waals surface area (Å²) in [5.41, 5.74) is 0.935. The van der Waals surface area contributed by atoms with Crippen LogP contribution in [-0.2, 0) is 0 Å². The molecule has 1 aromatic carbocycles. The fourth-order valence-electron chi connectivity index (χ4n) is 1.21. The molecule has 0 aliphatic heterocycles. The van der Waals surface area contributed by atoms with Crippen LogP contribution in [0.1, 0.15) is 11.5 Å². The Morgan fingerprint density at radius 2 is 1.93 bits per heavy atom. The molecule has 1 radical (unpaired) electrons. The summed E-state index contributed by atoms with van der Waals surface area (Å²) in [6.45, 7) is 3.83. The number of hydrogen-bond acceptors (Lipinski definition) is 3. The van der Waals surface area contributed by atoms with Gasteiger partial charge in [-0.15, -0.1) is 0 Å². The van der Waals surface area contributed by atoms with Crippen molar-refractivity contribution in [2.75, 3.05) is 20.8 Å². The Kier molecular flexibility index (Phi) is 3.77. The van der Waals surface area contributed by atoms with E-state index in [2.05, 4.69) is 6.92 Å². The Morgan fingerprint density at radius 3 is 2.43 bits per heavy atom. The van der Waals surface area contributed by atoms with Crippen molar-refractivity contribution >= 4 is 0 Å². The van der Waals surface area contributed by atoms with Gasteiger partial charge in [-0.2, -0.15) is 0 Å². The zero-order chi connectivity index (χ0) is 10.6. The molecule has 0 fully saturated rings. The van der Waals surface area contributed by atoms with Crippen molar-refractivity contribution in [1.82, 2.24) is 0 Å². The molecule has 0 saturated heterocycles. The number of aliphatic hydroxyl groups excluding tert-OH is 1. The second kappa shape index (κ2) is 4.86. The highest BCUT2D eigenvalue weighted by Crippen LogP contribution is 2.30. The normalized spacial score (nSPS) is 12.3. The van der Waals surface area contributed by atoms with Gasteiger partial charge in [-0.25, -0.2) is 0 Å². The quantitative estimate of drug-likeness (QED) is 0.793. The molecule has 1 aromatic rings. The van der Waals surface area contributed by atoms with E-state index in [1.165, 1.54) is 0 Å². The molecule has 1 atom stereocenters. The van der Waals surface area contributed by atoms with Gasteiger partial charge in [0.25, 0.3) is 0 Å². The van der Waals surface area contributed by atoms with Crippen molar-refractivity contribution in [1.29, 1.82) is 0 Å². The van der Waals surface area contributed by atoms with Crippen molar-refractivity contribution in [2.45, 2.75) is 5.92 Å². The van der Waals surface area contributed by atoms with E-state index >= 15 is 0 Å². The van der Waals surface area contributed by atoms with E-state index in [0.29, 0.717) is 11.5 Å². The Bertz CT molecular complexity index is 297. The van der Waals surface area contributed by atoms with E-state index in [1.807, 2.05) is 18.2 Å². The summed E-state index contributed by atoms with van der Waals surface area (Å²) in [6.07, 6.45) is 0. The van der Waals surface area contributed by atoms with Crippen LogP contribution in [0.25, 0.3) is 0 Å². The highest BCUT2D eigenvalue weighted by atomic mass is 16.5. The minimum atomic E-state index is -0.130. The standard InChI is InChI=1S/C11H15O3/c1-8(7-12)9-4-5-10(13-2)11(6-9)14-3/h4-6,8,12H,1,7H2,2-3H3. The molecular weight excluding hydrogens is 180 g/mol. The average molecular weight is 195 g/mol. The van der Waals surface area contributed by atoms with E-state index in [-0.39, 0.29) is 12.5 Å². The van der Waals surface area contributed by atoms with Crippen LogP contribution in [0.2, 0.25) is 0 Å². The molecule has 77 valence electrons. The second-order valence-electron chi connectivity index (χ2n) is 2.99. The maximum atomic E-state index is 8.94. The third-order valence-electron chi connectivity index (χ3n) is 2.10. The number of rotatable bonds is 4. The molecule has 1 unspecified atom stereocenters. The zero-order valence-corrected chi connectivity index (χ0v) is 8.49. The summed E-state index contributed by atoms with van der Waals surface area (Å²) in [4.78, 5) is 0. The number of hydrogen-bond donors (Lipinski definition) is 1. The van der Waals surface area contributed by atoms with E-state index in [1.54, 1.807) is 14.2 Å². The topological polar surface area (TPSA) is 38.7 Å². The largest absolute Gasteiger partial charge is 0.493 e. The molecule has 0 bridgehead atoms. The number of methoxy groups -OCH3 is 2. The summed E-state index contributed by atoms with van der Waals surface area (Å²) in [5.74, 6) is 1.21. The molecule has 0 amide bonds. The summed E-state index contributed by atoms with van der Waals surface area (Å²) >= 11 is 0. The first-order valence-electron chi connectivity index (χ1n) is 4.38. The Morgan fingerprint density at radius 1 is 1.29 bits per heavy atom. The second-order valence-corrected chi connectivity index (χ2v) is 2.99. The molecule has 3 nitrogen and oxygen atoms in total. The van der Waals surface area contributed by atoms with Crippen LogP contribution in [0.15, 0.2) is 18.2 Å². The molecule has 0 aliphatic carbocycles. The highest BCUT2D eigenvalue weighted by Gasteiger charge is 2.08. The lowest BCUT2D eigenvalue weighted by Crippen LogP contribution is -2.00. The summed E-state index contributed by atoms with van der Waals surface area (Å²) in [6, 6.07) is 5.50. The predicted molar refractivity (Wildman–Crippen MR) is 54.7 cm³/mol. The zero-order valence-electron chi connectivity index (χ0n) is 8.49.